The number of benzene rings is 2. The zero-order valence-corrected chi connectivity index (χ0v) is 31.1. The van der Waals surface area contributed by atoms with E-state index in [1.165, 1.54) is 90.3 Å². The zero-order chi connectivity index (χ0) is 29.6. The Morgan fingerprint density at radius 3 is 1.05 bits per heavy atom. The third kappa shape index (κ3) is 13.2. The van der Waals surface area contributed by atoms with Gasteiger partial charge in [0.1, 0.15) is 0 Å². The van der Waals surface area contributed by atoms with E-state index in [2.05, 4.69) is 84.9 Å². The van der Waals surface area contributed by atoms with Crippen molar-refractivity contribution in [2.24, 2.45) is 9.98 Å². The summed E-state index contributed by atoms with van der Waals surface area (Å²) >= 11 is 0. The summed E-state index contributed by atoms with van der Waals surface area (Å²) in [6.45, 7) is 15.6. The predicted octanol–water partition coefficient (Wildman–Crippen LogP) is 4.88. The van der Waals surface area contributed by atoms with Crippen LogP contribution in [0.2, 0.25) is 0 Å². The van der Waals surface area contributed by atoms with E-state index in [0.29, 0.717) is 0 Å². The van der Waals surface area contributed by atoms with Crippen molar-refractivity contribution in [1.82, 2.24) is 4.98 Å². The largest absolute Gasteiger partial charge is 2.00 e. The third-order valence-electron chi connectivity index (χ3n) is 7.68. The molecule has 1 radical (unpaired) electrons. The van der Waals surface area contributed by atoms with Crippen LogP contribution in [0.25, 0.3) is 0 Å². The molecule has 0 aliphatic heterocycles. The first-order valence-corrected chi connectivity index (χ1v) is 16.2. The fourth-order valence-corrected chi connectivity index (χ4v) is 5.55. The molecule has 0 saturated heterocycles. The topological polar surface area (TPSA) is 37.6 Å². The van der Waals surface area contributed by atoms with Gasteiger partial charge in [-0.25, -0.2) is 4.98 Å². The van der Waals surface area contributed by atoms with Crippen molar-refractivity contribution in [3.63, 3.8) is 0 Å². The number of pyridine rings is 1. The van der Waals surface area contributed by atoms with Gasteiger partial charge in [0.25, 0.3) is 0 Å². The van der Waals surface area contributed by atoms with Gasteiger partial charge < -0.3 is 24.8 Å². The van der Waals surface area contributed by atoms with Crippen molar-refractivity contribution in [3.8, 4) is 0 Å². The van der Waals surface area contributed by atoms with Crippen molar-refractivity contribution < 1.29 is 43.4 Å². The summed E-state index contributed by atoms with van der Waals surface area (Å²) in [5, 5.41) is 0. The van der Waals surface area contributed by atoms with Crippen LogP contribution >= 0.6 is 0 Å². The molecule has 2 aromatic carbocycles. The molecular formula is C38H53Cl2N3V. The molecule has 44 heavy (non-hydrogen) atoms. The zero-order valence-electron chi connectivity index (χ0n) is 28.1. The molecule has 1 heterocycles. The molecule has 3 rings (SSSR count). The van der Waals surface area contributed by atoms with E-state index >= 15 is 0 Å². The average molecular weight is 674 g/mol. The Morgan fingerprint density at radius 1 is 0.500 bits per heavy atom. The fraction of sp³-hybridized carbons (Fsp3) is 0.500. The molecule has 0 atom stereocenters. The van der Waals surface area contributed by atoms with Gasteiger partial charge in [0.05, 0.1) is 35.2 Å². The number of aliphatic imine (C=N–C) groups is 2. The number of hydrogen-bond donors (Lipinski definition) is 0. The molecular weight excluding hydrogens is 620 g/mol. The Morgan fingerprint density at radius 2 is 0.773 bits per heavy atom. The molecule has 0 amide bonds. The molecule has 3 aromatic rings. The van der Waals surface area contributed by atoms with Crippen LogP contribution in [0.4, 0.5) is 11.4 Å². The maximum atomic E-state index is 5.10. The van der Waals surface area contributed by atoms with E-state index in [1.807, 2.05) is 12.4 Å². The van der Waals surface area contributed by atoms with Crippen LogP contribution in [-0.2, 0) is 44.2 Å². The summed E-state index contributed by atoms with van der Waals surface area (Å²) in [4.78, 5) is 15.2. The van der Waals surface area contributed by atoms with E-state index in [1.54, 1.807) is 0 Å². The second-order valence-corrected chi connectivity index (χ2v) is 11.8. The van der Waals surface area contributed by atoms with Crippen molar-refractivity contribution in [2.45, 2.75) is 126 Å². The molecule has 6 heteroatoms. The van der Waals surface area contributed by atoms with Crippen LogP contribution in [0.1, 0.15) is 129 Å². The summed E-state index contributed by atoms with van der Waals surface area (Å²) in [6.07, 6.45) is 17.7. The maximum Gasteiger partial charge on any atom is 2.00 e. The smallest absolute Gasteiger partial charge is 1.00 e. The number of halogens is 2. The van der Waals surface area contributed by atoms with Crippen molar-refractivity contribution >= 4 is 23.8 Å². The molecule has 0 aliphatic rings. The third-order valence-corrected chi connectivity index (χ3v) is 7.68. The molecule has 0 spiro atoms. The van der Waals surface area contributed by atoms with Crippen LogP contribution in [-0.4, -0.2) is 17.4 Å². The molecule has 0 fully saturated rings. The van der Waals surface area contributed by atoms with E-state index in [0.717, 1.165) is 48.4 Å². The number of hydrogen-bond acceptors (Lipinski definition) is 3. The maximum absolute atomic E-state index is 5.10. The van der Waals surface area contributed by atoms with Gasteiger partial charge in [0.2, 0.25) is 0 Å². The van der Waals surface area contributed by atoms with Gasteiger partial charge in [-0.05, 0) is 112 Å². The minimum absolute atomic E-state index is 0. The number of rotatable bonds is 16. The first kappa shape index (κ1) is 42.1. The molecule has 0 unspecified atom stereocenters. The van der Waals surface area contributed by atoms with Crippen molar-refractivity contribution in [1.29, 1.82) is 0 Å². The number of unbranched alkanes of at least 4 members (excludes halogenated alkanes) is 4. The number of nitrogens with zero attached hydrogens (tertiary/aromatic N) is 3. The Kier molecular flexibility index (Phi) is 21.6. The predicted molar refractivity (Wildman–Crippen MR) is 180 cm³/mol. The fourth-order valence-electron chi connectivity index (χ4n) is 5.55. The molecule has 0 saturated carbocycles. The van der Waals surface area contributed by atoms with Crippen LogP contribution in [0.15, 0.2) is 46.4 Å². The van der Waals surface area contributed by atoms with Gasteiger partial charge in [0.15, 0.2) is 0 Å². The van der Waals surface area contributed by atoms with Gasteiger partial charge in [-0.2, -0.15) is 0 Å². The van der Waals surface area contributed by atoms with Gasteiger partial charge in [-0.3, -0.25) is 9.98 Å². The summed E-state index contributed by atoms with van der Waals surface area (Å²) in [5.41, 5.74) is 13.4. The number of aryl methyl sites for hydroxylation is 7. The van der Waals surface area contributed by atoms with Crippen molar-refractivity contribution in [3.05, 3.63) is 86.7 Å². The van der Waals surface area contributed by atoms with Crippen LogP contribution in [0, 0.1) is 20.8 Å². The van der Waals surface area contributed by atoms with E-state index in [-0.39, 0.29) is 43.4 Å². The molecule has 239 valence electrons. The minimum Gasteiger partial charge on any atom is -1.00 e. The van der Waals surface area contributed by atoms with Gasteiger partial charge in [-0.1, -0.05) is 88.8 Å². The second-order valence-electron chi connectivity index (χ2n) is 11.8. The summed E-state index contributed by atoms with van der Waals surface area (Å²) in [6, 6.07) is 13.6. The van der Waals surface area contributed by atoms with E-state index in [4.69, 9.17) is 15.0 Å². The van der Waals surface area contributed by atoms with Crippen molar-refractivity contribution in [2.75, 3.05) is 0 Å². The van der Waals surface area contributed by atoms with Gasteiger partial charge in [-0.15, -0.1) is 0 Å². The van der Waals surface area contributed by atoms with Gasteiger partial charge >= 0.3 is 18.6 Å². The summed E-state index contributed by atoms with van der Waals surface area (Å²) in [5.74, 6) is 0. The SMILES string of the molecule is CCCCc1cc(C)cc(CCCC)c1N=Cc1cc(C)cc(C=Nc2c(CCCC)cc(C)cc2CCCC)n1.[Cl-].[Cl-].[V+2]. The van der Waals surface area contributed by atoms with Crippen LogP contribution < -0.4 is 24.8 Å². The molecule has 0 bridgehead atoms. The van der Waals surface area contributed by atoms with Crippen LogP contribution in [0.3, 0.4) is 0 Å². The first-order chi connectivity index (χ1) is 19.9. The standard InChI is InChI=1S/C38H53N3.2ClH.V/c1-8-12-16-31-20-28(5)21-32(17-13-9-2)37(31)39-26-35-24-30(7)25-36(41-35)27-40-38-33(18-14-10-3)22-29(6)23-34(38)19-15-11-4;;;/h20-27H,8-19H2,1-7H3;2*1H;/q;;;+2/p-2. The Balaban J connectivity index is 0.00000616. The normalized spacial score (nSPS) is 11.0. The molecule has 0 aliphatic carbocycles. The molecule has 3 nitrogen and oxygen atoms in total. The minimum atomic E-state index is 0. The Labute approximate surface area is 293 Å². The number of aromatic nitrogens is 1. The molecule has 0 N–H and O–H groups in total. The van der Waals surface area contributed by atoms with E-state index < -0.39 is 0 Å². The quantitative estimate of drug-likeness (QED) is 0.200. The average Bonchev–Trinajstić information content (AvgIpc) is 2.95. The second kappa shape index (κ2) is 22.6. The Hall–Kier alpha value is -1.91. The monoisotopic (exact) mass is 672 g/mol. The van der Waals surface area contributed by atoms with Gasteiger partial charge in [0, 0.05) is 0 Å². The Bertz CT molecular complexity index is 1180. The van der Waals surface area contributed by atoms with Crippen LogP contribution in [0.5, 0.6) is 0 Å². The summed E-state index contributed by atoms with van der Waals surface area (Å²) < 4.78 is 0. The summed E-state index contributed by atoms with van der Waals surface area (Å²) in [7, 11) is 0. The van der Waals surface area contributed by atoms with E-state index in [9.17, 15) is 0 Å². The molecule has 1 aromatic heterocycles. The first-order valence-electron chi connectivity index (χ1n) is 16.2.